The Morgan fingerprint density at radius 2 is 1.59 bits per heavy atom. The number of amides is 2. The summed E-state index contributed by atoms with van der Waals surface area (Å²) >= 11 is 0. The lowest BCUT2D eigenvalue weighted by Crippen LogP contribution is -2.41. The zero-order valence-corrected chi connectivity index (χ0v) is 39.3. The maximum absolute atomic E-state index is 14.4. The van der Waals surface area contributed by atoms with Gasteiger partial charge in [-0.3, -0.25) is 29.8 Å². The van der Waals surface area contributed by atoms with Crippen LogP contribution in [0.25, 0.3) is 10.8 Å². The van der Waals surface area contributed by atoms with E-state index in [1.54, 1.807) is 62.4 Å². The fourth-order valence-corrected chi connectivity index (χ4v) is 8.33. The first-order valence-electron chi connectivity index (χ1n) is 22.0. The third kappa shape index (κ3) is 10.6. The van der Waals surface area contributed by atoms with E-state index < -0.39 is 59.0 Å². The lowest BCUT2D eigenvalue weighted by atomic mass is 9.74. The molecular formula is C48H65N7O11. The second-order valence-electron chi connectivity index (χ2n) is 17.6. The number of phenolic OH excluding ortho intramolecular Hbond substituents is 3. The number of benzene rings is 2. The Labute approximate surface area is 385 Å². The van der Waals surface area contributed by atoms with E-state index in [0.29, 0.717) is 18.7 Å². The van der Waals surface area contributed by atoms with Crippen LogP contribution in [0.1, 0.15) is 80.3 Å². The fourth-order valence-electron chi connectivity index (χ4n) is 8.33. The largest absolute Gasteiger partial charge is 0.507 e. The van der Waals surface area contributed by atoms with Crippen LogP contribution in [0.4, 0.5) is 5.69 Å². The fraction of sp³-hybridized carbons (Fsp3) is 0.479. The van der Waals surface area contributed by atoms with Crippen molar-refractivity contribution in [1.82, 2.24) is 20.3 Å². The van der Waals surface area contributed by atoms with Crippen molar-refractivity contribution in [3.8, 4) is 23.0 Å². The quantitative estimate of drug-likeness (QED) is 0.0440. The van der Waals surface area contributed by atoms with Crippen LogP contribution in [-0.2, 0) is 14.3 Å². The Balaban J connectivity index is 0.000000721. The van der Waals surface area contributed by atoms with Gasteiger partial charge in [-0.15, -0.1) is 0 Å². The molecule has 0 unspecified atom stereocenters. The highest BCUT2D eigenvalue weighted by atomic mass is 16.7. The van der Waals surface area contributed by atoms with Crippen molar-refractivity contribution in [2.75, 3.05) is 45.7 Å². The van der Waals surface area contributed by atoms with E-state index in [4.69, 9.17) is 20.1 Å². The van der Waals surface area contributed by atoms with Gasteiger partial charge in [0.2, 0.25) is 0 Å². The molecule has 7 rings (SSSR count). The van der Waals surface area contributed by atoms with Gasteiger partial charge in [-0.2, -0.15) is 5.10 Å². The van der Waals surface area contributed by atoms with Crippen LogP contribution >= 0.6 is 0 Å². The number of hydrazone groups is 1. The maximum atomic E-state index is 14.4. The second-order valence-corrected chi connectivity index (χ2v) is 17.6. The van der Waals surface area contributed by atoms with Crippen molar-refractivity contribution in [2.24, 2.45) is 40.5 Å². The van der Waals surface area contributed by atoms with Crippen LogP contribution in [0.15, 0.2) is 65.8 Å². The summed E-state index contributed by atoms with van der Waals surface area (Å²) in [6.07, 6.45) is 10.0. The van der Waals surface area contributed by atoms with Gasteiger partial charge < -0.3 is 50.0 Å². The van der Waals surface area contributed by atoms with E-state index in [2.05, 4.69) is 20.3 Å². The molecule has 1 saturated heterocycles. The summed E-state index contributed by atoms with van der Waals surface area (Å²) in [6, 6.07) is 3.17. The predicted octanol–water partition coefficient (Wildman–Crippen LogP) is 4.72. The minimum absolute atomic E-state index is 0.0425. The molecule has 9 N–H and O–H groups in total. The Kier molecular flexibility index (Phi) is 16.6. The van der Waals surface area contributed by atoms with E-state index >= 15 is 0 Å². The van der Waals surface area contributed by atoms with Crippen molar-refractivity contribution in [2.45, 2.75) is 79.5 Å². The number of carbonyl (C=O) groups excluding carboxylic acids is 3. The molecule has 358 valence electrons. The van der Waals surface area contributed by atoms with Crippen molar-refractivity contribution in [1.29, 1.82) is 0 Å². The zero-order valence-electron chi connectivity index (χ0n) is 39.3. The number of fused-ring (bicyclic) bond motifs is 14. The van der Waals surface area contributed by atoms with Crippen molar-refractivity contribution < 1.29 is 54.1 Å². The molecule has 66 heavy (non-hydrogen) atoms. The van der Waals surface area contributed by atoms with Crippen LogP contribution in [-0.4, -0.2) is 129 Å². The number of aliphatic hydroxyl groups excluding tert-OH is 2. The number of Topliss-reactive ketones (excluding diaryl/α,β-unsaturated/α-hetero) is 1. The Hall–Kier alpha value is -6.05. The number of rotatable bonds is 4. The number of nitrogen functional groups attached to an aromatic ring is 1. The monoisotopic (exact) mass is 915 g/mol. The molecule has 2 aromatic carbocycles. The number of aromatic hydroxyl groups is 3. The molecule has 5 bridgehead atoms. The Morgan fingerprint density at radius 1 is 0.939 bits per heavy atom. The number of ether oxygens (including phenoxy) is 3. The van der Waals surface area contributed by atoms with Gasteiger partial charge in [0.05, 0.1) is 53.0 Å². The average Bonchev–Trinajstić information content (AvgIpc) is 3.58. The number of nitrogens with two attached hydrogens (primary N) is 1. The summed E-state index contributed by atoms with van der Waals surface area (Å²) in [5.41, 5.74) is 2.39. The average molecular weight is 916 g/mol. The van der Waals surface area contributed by atoms with Crippen LogP contribution in [0, 0.1) is 36.5 Å². The number of hydrogen-bond donors (Lipinski definition) is 8. The zero-order chi connectivity index (χ0) is 48.8. The molecule has 9 atom stereocenters. The summed E-state index contributed by atoms with van der Waals surface area (Å²) in [5, 5.41) is 66.7. The van der Waals surface area contributed by atoms with Crippen LogP contribution in [0.5, 0.6) is 23.0 Å². The van der Waals surface area contributed by atoms with Gasteiger partial charge >= 0.3 is 5.79 Å². The highest BCUT2D eigenvalue weighted by Gasteiger charge is 2.50. The lowest BCUT2D eigenvalue weighted by molar-refractivity contribution is -0.112. The maximum Gasteiger partial charge on any atom is 0.312 e. The second kappa shape index (κ2) is 21.5. The normalized spacial score (nSPS) is 29.6. The Morgan fingerprint density at radius 3 is 2.21 bits per heavy atom. The van der Waals surface area contributed by atoms with Gasteiger partial charge in [0, 0.05) is 86.5 Å². The smallest absolute Gasteiger partial charge is 0.312 e. The van der Waals surface area contributed by atoms with Gasteiger partial charge in [-0.05, 0) is 56.9 Å². The number of aliphatic hydroxyl groups is 2. The number of anilines is 1. The first kappa shape index (κ1) is 50.9. The molecule has 18 nitrogen and oxygen atoms in total. The number of ketones is 1. The molecule has 0 spiro atoms. The Bertz CT molecular complexity index is 2380. The van der Waals surface area contributed by atoms with Crippen LogP contribution < -0.4 is 21.3 Å². The number of carbonyl (C=O) groups is 3. The van der Waals surface area contributed by atoms with Gasteiger partial charge in [0.15, 0.2) is 5.75 Å². The van der Waals surface area contributed by atoms with Crippen molar-refractivity contribution in [3.63, 3.8) is 0 Å². The molecule has 4 aliphatic heterocycles. The van der Waals surface area contributed by atoms with E-state index in [1.807, 2.05) is 40.2 Å². The number of piperazine rings is 1. The SMILES string of the molecule is CO[C@H]1/C=C/O[C@@]2(C)Oc3c(C)c(O)c4c(O)c(c(/C=N/N5CCN(C)CC5)c(O)c4c3C2=O)NC(=O)/C(C)=C/C=C/[C@H](C)[C@H](O)[C@@H](C)[C@H](O)[C@H](C)[C@H](C)[C@@H]1C.NNC(=O)c1ccncc1. The first-order valence-corrected chi connectivity index (χ1v) is 22.0. The number of nitrogens with zero attached hydrogens (tertiary/aromatic N) is 4. The number of methoxy groups -OCH3 is 1. The molecule has 4 aliphatic rings. The van der Waals surface area contributed by atoms with Crippen molar-refractivity contribution in [3.05, 3.63) is 82.9 Å². The molecule has 1 fully saturated rings. The molecule has 0 saturated carbocycles. The topological polar surface area (TPSA) is 262 Å². The van der Waals surface area contributed by atoms with E-state index in [0.717, 1.165) is 13.1 Å². The summed E-state index contributed by atoms with van der Waals surface area (Å²) < 4.78 is 17.9. The standard InChI is InChI=1S/C42H58N4O10.C6H7N3O/c1-21-12-11-13-22(2)41(53)44-33-28(20-43-46-17-15-45(9)16-18-46)37(50)30-31(38(33)51)36(49)27(7)39-32(30)40(52)42(8,56-39)55-19-14-29(54-10)24(4)23(3)25(5)35(48)26(6)34(21)47;7-9-6(10)5-1-3-8-4-2-5/h11-14,19-21,23-26,29,34-35,47-51H,15-18H2,1-10H3,(H,44,53);1-4H,7H2,(H,9,10)/b12-11+,19-14+,22-13+,43-20+;/t21-,23+,24-,25+,26+,29-,34-,35+,42-;/m0./s1. The number of nitrogens with one attached hydrogen (secondary N) is 2. The molecule has 1 aromatic heterocycles. The molecule has 0 aliphatic carbocycles. The molecule has 5 heterocycles. The predicted molar refractivity (Wildman–Crippen MR) is 250 cm³/mol. The summed E-state index contributed by atoms with van der Waals surface area (Å²) in [7, 11) is 3.55. The van der Waals surface area contributed by atoms with E-state index in [-0.39, 0.29) is 74.1 Å². The number of aromatic nitrogens is 1. The summed E-state index contributed by atoms with van der Waals surface area (Å²) in [4.78, 5) is 44.7. The summed E-state index contributed by atoms with van der Waals surface area (Å²) in [6.45, 7) is 16.7. The number of pyridine rings is 1. The molecule has 3 aromatic rings. The number of phenols is 3. The minimum atomic E-state index is -1.95. The lowest BCUT2D eigenvalue weighted by Gasteiger charge is -2.37. The number of hydrazine groups is 1. The third-order valence-corrected chi connectivity index (χ3v) is 13.3. The highest BCUT2D eigenvalue weighted by Crippen LogP contribution is 2.55. The molecular weight excluding hydrogens is 851 g/mol. The van der Waals surface area contributed by atoms with Crippen molar-refractivity contribution >= 4 is 40.3 Å². The summed E-state index contributed by atoms with van der Waals surface area (Å²) in [5.74, 6) is -1.71. The first-order chi connectivity index (χ1) is 31.2. The van der Waals surface area contributed by atoms with E-state index in [1.165, 1.54) is 38.7 Å². The van der Waals surface area contributed by atoms with Gasteiger partial charge in [0.25, 0.3) is 17.6 Å². The third-order valence-electron chi connectivity index (χ3n) is 13.3. The van der Waals surface area contributed by atoms with Gasteiger partial charge in [-0.25, -0.2) is 5.84 Å². The van der Waals surface area contributed by atoms with E-state index in [9.17, 15) is 39.9 Å². The molecule has 0 radical (unpaired) electrons. The highest BCUT2D eigenvalue weighted by molar-refractivity contribution is 6.23. The van der Waals surface area contributed by atoms with Crippen LogP contribution in [0.3, 0.4) is 0 Å². The number of allylic oxidation sites excluding steroid dienone is 2. The van der Waals surface area contributed by atoms with Crippen LogP contribution in [0.2, 0.25) is 0 Å². The molecule has 2 amide bonds. The number of likely N-dealkylation sites (N-methyl/N-ethyl adjacent to an activating group) is 1. The van der Waals surface area contributed by atoms with Gasteiger partial charge in [-0.1, -0.05) is 52.8 Å². The molecule has 18 heteroatoms. The van der Waals surface area contributed by atoms with Gasteiger partial charge in [0.1, 0.15) is 17.2 Å². The minimum Gasteiger partial charge on any atom is -0.507 e. The number of hydrogen-bond acceptors (Lipinski definition) is 16.